The number of carboxylic acids is 1. The fraction of sp³-hybridized carbons (Fsp3) is 0.143. The predicted octanol–water partition coefficient (Wildman–Crippen LogP) is 1.06. The molecule has 0 amide bonds. The van der Waals surface area contributed by atoms with Crippen molar-refractivity contribution in [1.82, 2.24) is 9.71 Å². The van der Waals surface area contributed by atoms with Crippen molar-refractivity contribution in [3.63, 3.8) is 0 Å². The van der Waals surface area contributed by atoms with Gasteiger partial charge in [-0.25, -0.2) is 8.42 Å². The minimum absolute atomic E-state index is 0.0651. The van der Waals surface area contributed by atoms with Crippen LogP contribution < -0.4 is 4.72 Å². The van der Waals surface area contributed by atoms with Gasteiger partial charge in [0.1, 0.15) is 10.9 Å². The molecule has 7 heteroatoms. The maximum absolute atomic E-state index is 12.1. The third kappa shape index (κ3) is 4.11. The molecule has 0 unspecified atom stereocenters. The van der Waals surface area contributed by atoms with Crippen LogP contribution in [0, 0.1) is 0 Å². The van der Waals surface area contributed by atoms with E-state index < -0.39 is 22.0 Å². The van der Waals surface area contributed by atoms with E-state index >= 15 is 0 Å². The van der Waals surface area contributed by atoms with Gasteiger partial charge in [0.25, 0.3) is 0 Å². The largest absolute Gasteiger partial charge is 0.480 e. The molecule has 110 valence electrons. The van der Waals surface area contributed by atoms with Crippen molar-refractivity contribution >= 4 is 16.0 Å². The van der Waals surface area contributed by atoms with E-state index in [0.717, 1.165) is 5.56 Å². The number of benzene rings is 1. The highest BCUT2D eigenvalue weighted by molar-refractivity contribution is 7.89. The fourth-order valence-electron chi connectivity index (χ4n) is 1.79. The molecule has 1 heterocycles. The molecule has 1 atom stereocenters. The third-order valence-corrected chi connectivity index (χ3v) is 4.28. The summed E-state index contributed by atoms with van der Waals surface area (Å²) in [6.45, 7) is 0. The van der Waals surface area contributed by atoms with E-state index in [9.17, 15) is 18.3 Å². The maximum atomic E-state index is 12.1. The van der Waals surface area contributed by atoms with Gasteiger partial charge in [-0.2, -0.15) is 4.72 Å². The Labute approximate surface area is 122 Å². The van der Waals surface area contributed by atoms with E-state index in [1.54, 1.807) is 30.3 Å². The van der Waals surface area contributed by atoms with Gasteiger partial charge in [-0.05, 0) is 24.1 Å². The molecule has 1 aromatic carbocycles. The standard InChI is InChI=1S/C14H14N2O4S/c17-14(18)13(9-11-5-2-1-3-6-11)16-21(19,20)12-7-4-8-15-10-12/h1-8,10,13,16H,9H2,(H,17,18)/t13-/m0/s1. The number of nitrogens with zero attached hydrogens (tertiary/aromatic N) is 1. The van der Waals surface area contributed by atoms with E-state index in [0.29, 0.717) is 0 Å². The Morgan fingerprint density at radius 1 is 1.19 bits per heavy atom. The molecule has 6 nitrogen and oxygen atoms in total. The van der Waals surface area contributed by atoms with Crippen LogP contribution in [-0.2, 0) is 21.2 Å². The van der Waals surface area contributed by atoms with Crippen molar-refractivity contribution < 1.29 is 18.3 Å². The van der Waals surface area contributed by atoms with Gasteiger partial charge in [-0.3, -0.25) is 9.78 Å². The van der Waals surface area contributed by atoms with Crippen molar-refractivity contribution in [3.8, 4) is 0 Å². The first-order chi connectivity index (χ1) is 9.99. The highest BCUT2D eigenvalue weighted by Gasteiger charge is 2.25. The molecule has 0 aliphatic carbocycles. The molecule has 0 aliphatic heterocycles. The summed E-state index contributed by atoms with van der Waals surface area (Å²) >= 11 is 0. The number of pyridine rings is 1. The first-order valence-electron chi connectivity index (χ1n) is 6.18. The lowest BCUT2D eigenvalue weighted by molar-refractivity contribution is -0.138. The zero-order chi connectivity index (χ0) is 15.3. The van der Waals surface area contributed by atoms with Crippen LogP contribution in [0.3, 0.4) is 0 Å². The van der Waals surface area contributed by atoms with Crippen LogP contribution in [0.5, 0.6) is 0 Å². The van der Waals surface area contributed by atoms with Crippen LogP contribution in [-0.4, -0.2) is 30.5 Å². The zero-order valence-corrected chi connectivity index (χ0v) is 11.8. The van der Waals surface area contributed by atoms with E-state index in [1.807, 2.05) is 0 Å². The van der Waals surface area contributed by atoms with Gasteiger partial charge in [-0.1, -0.05) is 30.3 Å². The second-order valence-corrected chi connectivity index (χ2v) is 6.10. The SMILES string of the molecule is O=C(O)[C@H](Cc1ccccc1)NS(=O)(=O)c1cccnc1. The summed E-state index contributed by atoms with van der Waals surface area (Å²) in [5, 5.41) is 9.20. The number of nitrogens with one attached hydrogen (secondary N) is 1. The Kier molecular flexibility index (Phi) is 4.66. The molecule has 1 aromatic heterocycles. The quantitative estimate of drug-likeness (QED) is 0.831. The van der Waals surface area contributed by atoms with Gasteiger partial charge >= 0.3 is 5.97 Å². The molecular formula is C14H14N2O4S. The molecule has 21 heavy (non-hydrogen) atoms. The molecule has 0 fully saturated rings. The van der Waals surface area contributed by atoms with Gasteiger partial charge in [-0.15, -0.1) is 0 Å². The maximum Gasteiger partial charge on any atom is 0.322 e. The average molecular weight is 306 g/mol. The highest BCUT2D eigenvalue weighted by atomic mass is 32.2. The third-order valence-electron chi connectivity index (χ3n) is 2.82. The van der Waals surface area contributed by atoms with Crippen LogP contribution in [0.1, 0.15) is 5.56 Å². The Balaban J connectivity index is 2.19. The molecule has 2 aromatic rings. The summed E-state index contributed by atoms with van der Waals surface area (Å²) in [5.74, 6) is -1.23. The summed E-state index contributed by atoms with van der Waals surface area (Å²) in [5.41, 5.74) is 0.735. The fourth-order valence-corrected chi connectivity index (χ4v) is 2.94. The second kappa shape index (κ2) is 6.47. The summed E-state index contributed by atoms with van der Waals surface area (Å²) in [6.07, 6.45) is 2.68. The first kappa shape index (κ1) is 15.1. The Morgan fingerprint density at radius 3 is 2.48 bits per heavy atom. The van der Waals surface area contributed by atoms with Crippen LogP contribution in [0.25, 0.3) is 0 Å². The lowest BCUT2D eigenvalue weighted by atomic mass is 10.1. The van der Waals surface area contributed by atoms with E-state index in [-0.39, 0.29) is 11.3 Å². The Morgan fingerprint density at radius 2 is 1.90 bits per heavy atom. The van der Waals surface area contributed by atoms with Crippen LogP contribution in [0.15, 0.2) is 59.8 Å². The molecular weight excluding hydrogens is 292 g/mol. The molecule has 2 rings (SSSR count). The van der Waals surface area contributed by atoms with Crippen LogP contribution in [0.2, 0.25) is 0 Å². The van der Waals surface area contributed by atoms with Crippen molar-refractivity contribution in [2.75, 3.05) is 0 Å². The number of sulfonamides is 1. The molecule has 0 radical (unpaired) electrons. The highest BCUT2D eigenvalue weighted by Crippen LogP contribution is 2.09. The number of hydrogen-bond donors (Lipinski definition) is 2. The minimum Gasteiger partial charge on any atom is -0.480 e. The van der Waals surface area contributed by atoms with Crippen molar-refractivity contribution in [3.05, 3.63) is 60.4 Å². The molecule has 0 spiro atoms. The monoisotopic (exact) mass is 306 g/mol. The number of aromatic nitrogens is 1. The minimum atomic E-state index is -3.92. The molecule has 0 saturated carbocycles. The number of carboxylic acid groups (broad SMARTS) is 1. The lowest BCUT2D eigenvalue weighted by Gasteiger charge is -2.14. The van der Waals surface area contributed by atoms with E-state index in [4.69, 9.17) is 0 Å². The Bertz CT molecular complexity index is 702. The van der Waals surface area contributed by atoms with Crippen molar-refractivity contribution in [1.29, 1.82) is 0 Å². The van der Waals surface area contributed by atoms with E-state index in [2.05, 4.69) is 9.71 Å². The zero-order valence-electron chi connectivity index (χ0n) is 11.0. The van der Waals surface area contributed by atoms with Crippen LogP contribution in [0.4, 0.5) is 0 Å². The van der Waals surface area contributed by atoms with Crippen LogP contribution >= 0.6 is 0 Å². The normalized spacial score (nSPS) is 12.8. The molecule has 0 aliphatic rings. The number of rotatable bonds is 6. The van der Waals surface area contributed by atoms with Crippen molar-refractivity contribution in [2.24, 2.45) is 0 Å². The van der Waals surface area contributed by atoms with Gasteiger partial charge in [0.15, 0.2) is 0 Å². The van der Waals surface area contributed by atoms with Gasteiger partial charge < -0.3 is 5.11 Å². The number of carbonyl (C=O) groups is 1. The smallest absolute Gasteiger partial charge is 0.322 e. The van der Waals surface area contributed by atoms with Gasteiger partial charge in [0.2, 0.25) is 10.0 Å². The first-order valence-corrected chi connectivity index (χ1v) is 7.66. The summed E-state index contributed by atoms with van der Waals surface area (Å²) in [4.78, 5) is 14.9. The number of aliphatic carboxylic acids is 1. The predicted molar refractivity (Wildman–Crippen MR) is 76.1 cm³/mol. The van der Waals surface area contributed by atoms with E-state index in [1.165, 1.54) is 24.5 Å². The Hall–Kier alpha value is -2.25. The second-order valence-electron chi connectivity index (χ2n) is 4.39. The average Bonchev–Trinajstić information content (AvgIpc) is 2.48. The topological polar surface area (TPSA) is 96.4 Å². The summed E-state index contributed by atoms with van der Waals surface area (Å²) in [7, 11) is -3.92. The van der Waals surface area contributed by atoms with Gasteiger partial charge in [0.05, 0.1) is 0 Å². The van der Waals surface area contributed by atoms with Crippen molar-refractivity contribution in [2.45, 2.75) is 17.4 Å². The number of hydrogen-bond acceptors (Lipinski definition) is 4. The lowest BCUT2D eigenvalue weighted by Crippen LogP contribution is -2.42. The summed E-state index contributed by atoms with van der Waals surface area (Å²) < 4.78 is 26.4. The summed E-state index contributed by atoms with van der Waals surface area (Å²) in [6, 6.07) is 10.4. The molecule has 0 saturated heterocycles. The van der Waals surface area contributed by atoms with Gasteiger partial charge in [0, 0.05) is 12.4 Å². The molecule has 0 bridgehead atoms. The molecule has 2 N–H and O–H groups in total.